The third-order valence-electron chi connectivity index (χ3n) is 3.76. The molecule has 0 spiro atoms. The molecule has 2 N–H and O–H groups in total. The summed E-state index contributed by atoms with van der Waals surface area (Å²) in [5, 5.41) is 3.52. The lowest BCUT2D eigenvalue weighted by molar-refractivity contribution is 0.0730. The Bertz CT molecular complexity index is 455. The maximum Gasteiger partial charge on any atom is 0.273 e. The van der Waals surface area contributed by atoms with Gasteiger partial charge in [0.15, 0.2) is 0 Å². The van der Waals surface area contributed by atoms with E-state index in [1.807, 2.05) is 29.1 Å². The summed E-state index contributed by atoms with van der Waals surface area (Å²) in [6.45, 7) is 2.77. The first-order valence-electron chi connectivity index (χ1n) is 7.19. The van der Waals surface area contributed by atoms with Crippen LogP contribution in [0.1, 0.15) is 41.7 Å². The molecule has 1 aliphatic carbocycles. The van der Waals surface area contributed by atoms with E-state index in [1.54, 1.807) is 0 Å². The summed E-state index contributed by atoms with van der Waals surface area (Å²) in [6, 6.07) is 0.367. The number of nitrogens with zero attached hydrogens (tertiary/aromatic N) is 2. The molecule has 21 heavy (non-hydrogen) atoms. The van der Waals surface area contributed by atoms with E-state index < -0.39 is 0 Å². The van der Waals surface area contributed by atoms with Crippen molar-refractivity contribution in [3.8, 4) is 0 Å². The van der Waals surface area contributed by atoms with Gasteiger partial charge >= 0.3 is 0 Å². The molecule has 2 atom stereocenters. The number of nitrogens with two attached hydrogens (primary N) is 1. The van der Waals surface area contributed by atoms with Gasteiger partial charge in [0.1, 0.15) is 5.69 Å². The number of rotatable bonds is 6. The lowest BCUT2D eigenvalue weighted by atomic mass is 10.2. The molecule has 1 amide bonds. The minimum Gasteiger partial charge on any atom is -0.337 e. The molecule has 1 aromatic heterocycles. The molecule has 0 aliphatic heterocycles. The first-order valence-corrected chi connectivity index (χ1v) is 9.11. The quantitative estimate of drug-likeness (QED) is 0.857. The molecule has 2 rings (SSSR count). The number of carbonyl (C=O) groups excluding carboxylic acids is 1. The summed E-state index contributed by atoms with van der Waals surface area (Å²) < 4.78 is 0. The van der Waals surface area contributed by atoms with E-state index in [9.17, 15) is 4.79 Å². The van der Waals surface area contributed by atoms with Gasteiger partial charge in [0.25, 0.3) is 5.91 Å². The number of aromatic nitrogens is 1. The predicted molar refractivity (Wildman–Crippen MR) is 93.8 cm³/mol. The van der Waals surface area contributed by atoms with E-state index in [4.69, 9.17) is 5.73 Å². The van der Waals surface area contributed by atoms with Crippen LogP contribution < -0.4 is 5.73 Å². The number of hydrogen-bond donors (Lipinski definition) is 1. The first-order chi connectivity index (χ1) is 9.65. The molecule has 0 radical (unpaired) electrons. The Labute approximate surface area is 141 Å². The SMILES string of the molecule is CCSC1CCC(N(C)C(=O)c2csc(CCN)n2)C1.Cl. The van der Waals surface area contributed by atoms with Crippen molar-refractivity contribution >= 4 is 41.4 Å². The van der Waals surface area contributed by atoms with E-state index in [0.29, 0.717) is 23.5 Å². The third-order valence-corrected chi connectivity index (χ3v) is 5.90. The highest BCUT2D eigenvalue weighted by atomic mass is 35.5. The van der Waals surface area contributed by atoms with E-state index >= 15 is 0 Å². The average molecular weight is 350 g/mol. The number of thiazole rings is 1. The summed E-state index contributed by atoms with van der Waals surface area (Å²) in [7, 11) is 1.91. The Balaban J connectivity index is 0.00000220. The molecule has 1 fully saturated rings. The van der Waals surface area contributed by atoms with Crippen LogP contribution in [0.25, 0.3) is 0 Å². The number of thioether (sulfide) groups is 1. The highest BCUT2D eigenvalue weighted by Gasteiger charge is 2.30. The van der Waals surface area contributed by atoms with Crippen molar-refractivity contribution in [3.63, 3.8) is 0 Å². The maximum atomic E-state index is 12.4. The molecule has 4 nitrogen and oxygen atoms in total. The summed E-state index contributed by atoms with van der Waals surface area (Å²) in [6.07, 6.45) is 4.19. The molecular formula is C14H24ClN3OS2. The zero-order valence-electron chi connectivity index (χ0n) is 12.6. The number of carbonyl (C=O) groups is 1. The van der Waals surface area contributed by atoms with Gasteiger partial charge < -0.3 is 10.6 Å². The second-order valence-electron chi connectivity index (χ2n) is 5.13. The monoisotopic (exact) mass is 349 g/mol. The van der Waals surface area contributed by atoms with Crippen molar-refractivity contribution in [2.24, 2.45) is 5.73 Å². The molecule has 2 unspecified atom stereocenters. The Kier molecular flexibility index (Phi) is 8.02. The van der Waals surface area contributed by atoms with Crippen molar-refractivity contribution in [1.82, 2.24) is 9.88 Å². The highest BCUT2D eigenvalue weighted by Crippen LogP contribution is 2.32. The van der Waals surface area contributed by atoms with Gasteiger partial charge in [0.05, 0.1) is 5.01 Å². The van der Waals surface area contributed by atoms with E-state index in [2.05, 4.69) is 11.9 Å². The molecular weight excluding hydrogens is 326 g/mol. The van der Waals surface area contributed by atoms with Crippen molar-refractivity contribution in [2.75, 3.05) is 19.3 Å². The molecule has 0 saturated heterocycles. The average Bonchev–Trinajstić information content (AvgIpc) is 3.07. The fraction of sp³-hybridized carbons (Fsp3) is 0.714. The Hall–Kier alpha value is -0.300. The van der Waals surface area contributed by atoms with Crippen LogP contribution in [0.4, 0.5) is 0 Å². The van der Waals surface area contributed by atoms with Crippen molar-refractivity contribution < 1.29 is 4.79 Å². The molecule has 0 bridgehead atoms. The zero-order valence-corrected chi connectivity index (χ0v) is 15.0. The summed E-state index contributed by atoms with van der Waals surface area (Å²) in [5.41, 5.74) is 6.09. The standard InChI is InChI=1S/C14H23N3OS2.ClH/c1-3-19-11-5-4-10(8-11)17(2)14(18)12-9-20-13(16-12)6-7-15;/h9-11H,3-8,15H2,1-2H3;1H. The molecule has 1 aliphatic rings. The zero-order chi connectivity index (χ0) is 14.5. The Morgan fingerprint density at radius 3 is 3.00 bits per heavy atom. The molecule has 1 heterocycles. The Morgan fingerprint density at radius 1 is 1.57 bits per heavy atom. The van der Waals surface area contributed by atoms with Crippen LogP contribution in [-0.2, 0) is 6.42 Å². The molecule has 1 aromatic rings. The number of hydrogen-bond acceptors (Lipinski definition) is 5. The van der Waals surface area contributed by atoms with Gasteiger partial charge in [-0.05, 0) is 31.6 Å². The molecule has 7 heteroatoms. The van der Waals surface area contributed by atoms with Gasteiger partial charge in [0, 0.05) is 30.1 Å². The lowest BCUT2D eigenvalue weighted by Crippen LogP contribution is -2.35. The van der Waals surface area contributed by atoms with Crippen LogP contribution in [-0.4, -0.2) is 46.4 Å². The minimum absolute atomic E-state index is 0. The molecule has 1 saturated carbocycles. The van der Waals surface area contributed by atoms with Crippen LogP contribution in [0.15, 0.2) is 5.38 Å². The summed E-state index contributed by atoms with van der Waals surface area (Å²) in [4.78, 5) is 18.7. The van der Waals surface area contributed by atoms with Gasteiger partial charge in [-0.3, -0.25) is 4.79 Å². The Morgan fingerprint density at radius 2 is 2.33 bits per heavy atom. The number of halogens is 1. The predicted octanol–water partition coefficient (Wildman–Crippen LogP) is 2.81. The van der Waals surface area contributed by atoms with Crippen molar-refractivity contribution in [3.05, 3.63) is 16.1 Å². The van der Waals surface area contributed by atoms with Crippen LogP contribution in [0.2, 0.25) is 0 Å². The third kappa shape index (κ3) is 4.84. The van der Waals surface area contributed by atoms with E-state index in [-0.39, 0.29) is 18.3 Å². The normalized spacial score (nSPS) is 21.1. The van der Waals surface area contributed by atoms with E-state index in [0.717, 1.165) is 30.0 Å². The van der Waals surface area contributed by atoms with Crippen LogP contribution in [0.3, 0.4) is 0 Å². The van der Waals surface area contributed by atoms with Gasteiger partial charge in [0.2, 0.25) is 0 Å². The number of amides is 1. The van der Waals surface area contributed by atoms with Gasteiger partial charge in [-0.2, -0.15) is 11.8 Å². The van der Waals surface area contributed by atoms with Crippen molar-refractivity contribution in [2.45, 2.75) is 43.9 Å². The van der Waals surface area contributed by atoms with Crippen LogP contribution in [0.5, 0.6) is 0 Å². The van der Waals surface area contributed by atoms with E-state index in [1.165, 1.54) is 17.8 Å². The van der Waals surface area contributed by atoms with Crippen LogP contribution in [0, 0.1) is 0 Å². The smallest absolute Gasteiger partial charge is 0.273 e. The maximum absolute atomic E-state index is 12.4. The lowest BCUT2D eigenvalue weighted by Gasteiger charge is -2.23. The van der Waals surface area contributed by atoms with Crippen LogP contribution >= 0.6 is 35.5 Å². The summed E-state index contributed by atoms with van der Waals surface area (Å²) >= 11 is 3.54. The minimum atomic E-state index is 0. The largest absolute Gasteiger partial charge is 0.337 e. The molecule has 0 aromatic carbocycles. The summed E-state index contributed by atoms with van der Waals surface area (Å²) in [5.74, 6) is 1.21. The topological polar surface area (TPSA) is 59.2 Å². The van der Waals surface area contributed by atoms with Crippen molar-refractivity contribution in [1.29, 1.82) is 0 Å². The fourth-order valence-corrected chi connectivity index (χ4v) is 4.57. The van der Waals surface area contributed by atoms with Gasteiger partial charge in [-0.1, -0.05) is 6.92 Å². The van der Waals surface area contributed by atoms with Gasteiger partial charge in [-0.15, -0.1) is 23.7 Å². The first kappa shape index (κ1) is 18.7. The second-order valence-corrected chi connectivity index (χ2v) is 7.65. The van der Waals surface area contributed by atoms with Gasteiger partial charge in [-0.25, -0.2) is 4.98 Å². The second kappa shape index (κ2) is 8.98. The fourth-order valence-electron chi connectivity index (χ4n) is 2.65. The highest BCUT2D eigenvalue weighted by molar-refractivity contribution is 7.99. The molecule has 120 valence electrons.